The molecule has 1 unspecified atom stereocenters. The van der Waals surface area contributed by atoms with Gasteiger partial charge in [0.15, 0.2) is 5.96 Å². The van der Waals surface area contributed by atoms with Crippen LogP contribution in [-0.2, 0) is 0 Å². The van der Waals surface area contributed by atoms with Crippen molar-refractivity contribution in [2.24, 2.45) is 10.9 Å². The van der Waals surface area contributed by atoms with Crippen LogP contribution in [0.5, 0.6) is 0 Å². The molecule has 1 fully saturated rings. The normalized spacial score (nSPS) is 17.9. The first-order valence-corrected chi connectivity index (χ1v) is 6.95. The predicted molar refractivity (Wildman–Crippen MR) is 72.2 cm³/mol. The number of aliphatic hydroxyl groups excluding tert-OH is 1. The maximum atomic E-state index is 9.01. The number of hydrogen-bond acceptors (Lipinski definition) is 2. The monoisotopic (exact) mass is 241 g/mol. The van der Waals surface area contributed by atoms with E-state index in [1.54, 1.807) is 0 Å². The lowest BCUT2D eigenvalue weighted by Crippen LogP contribution is -2.38. The summed E-state index contributed by atoms with van der Waals surface area (Å²) in [7, 11) is 0. The zero-order chi connectivity index (χ0) is 12.5. The average Bonchev–Trinajstić information content (AvgIpc) is 3.10. The Hall–Kier alpha value is -0.770. The minimum atomic E-state index is 0.271. The van der Waals surface area contributed by atoms with Crippen LogP contribution in [0.3, 0.4) is 0 Å². The Labute approximate surface area is 105 Å². The highest BCUT2D eigenvalue weighted by Crippen LogP contribution is 2.18. The number of guanidine groups is 1. The van der Waals surface area contributed by atoms with Crippen molar-refractivity contribution in [3.63, 3.8) is 0 Å². The fourth-order valence-electron chi connectivity index (χ4n) is 1.88. The molecule has 0 bridgehead atoms. The largest absolute Gasteiger partial charge is 0.396 e. The summed E-state index contributed by atoms with van der Waals surface area (Å²) in [6.07, 6.45) is 5.69. The molecule has 4 heteroatoms. The van der Waals surface area contributed by atoms with Crippen LogP contribution < -0.4 is 10.6 Å². The van der Waals surface area contributed by atoms with Crippen molar-refractivity contribution >= 4 is 5.96 Å². The van der Waals surface area contributed by atoms with Gasteiger partial charge in [-0.3, -0.25) is 4.99 Å². The molecule has 1 aliphatic carbocycles. The summed E-state index contributed by atoms with van der Waals surface area (Å²) in [6, 6.07) is 0.635. The third-order valence-corrected chi connectivity index (χ3v) is 3.00. The fourth-order valence-corrected chi connectivity index (χ4v) is 1.88. The van der Waals surface area contributed by atoms with Gasteiger partial charge in [0.1, 0.15) is 0 Å². The Balaban J connectivity index is 2.36. The van der Waals surface area contributed by atoms with Crippen LogP contribution in [0, 0.1) is 5.92 Å². The Morgan fingerprint density at radius 2 is 2.12 bits per heavy atom. The van der Waals surface area contributed by atoms with E-state index in [0.717, 1.165) is 38.3 Å². The molecule has 0 aliphatic heterocycles. The minimum absolute atomic E-state index is 0.271. The first kappa shape index (κ1) is 14.3. The van der Waals surface area contributed by atoms with E-state index in [1.807, 2.05) is 0 Å². The average molecular weight is 241 g/mol. The second kappa shape index (κ2) is 8.34. The van der Waals surface area contributed by atoms with E-state index in [2.05, 4.69) is 29.5 Å². The maximum Gasteiger partial charge on any atom is 0.191 e. The number of hydrogen-bond donors (Lipinski definition) is 3. The highest BCUT2D eigenvalue weighted by atomic mass is 16.3. The number of aliphatic hydroxyl groups is 1. The molecule has 4 nitrogen and oxygen atoms in total. The molecule has 17 heavy (non-hydrogen) atoms. The number of nitrogens with one attached hydrogen (secondary N) is 2. The molecule has 1 rings (SSSR count). The topological polar surface area (TPSA) is 56.7 Å². The second-order valence-corrected chi connectivity index (χ2v) is 4.81. The van der Waals surface area contributed by atoms with Gasteiger partial charge in [0.05, 0.1) is 0 Å². The van der Waals surface area contributed by atoms with E-state index in [1.165, 1.54) is 12.8 Å². The summed E-state index contributed by atoms with van der Waals surface area (Å²) in [4.78, 5) is 4.61. The van der Waals surface area contributed by atoms with Gasteiger partial charge in [-0.25, -0.2) is 0 Å². The minimum Gasteiger partial charge on any atom is -0.396 e. The van der Waals surface area contributed by atoms with Crippen molar-refractivity contribution in [1.29, 1.82) is 0 Å². The van der Waals surface area contributed by atoms with E-state index in [4.69, 9.17) is 5.11 Å². The maximum absolute atomic E-state index is 9.01. The van der Waals surface area contributed by atoms with Crippen LogP contribution in [0.1, 0.15) is 46.0 Å². The van der Waals surface area contributed by atoms with Crippen molar-refractivity contribution in [1.82, 2.24) is 10.6 Å². The Morgan fingerprint density at radius 1 is 1.35 bits per heavy atom. The fraction of sp³-hybridized carbons (Fsp3) is 0.923. The van der Waals surface area contributed by atoms with Gasteiger partial charge in [-0.1, -0.05) is 13.3 Å². The molecule has 0 heterocycles. The third kappa shape index (κ3) is 6.51. The molecule has 0 radical (unpaired) electrons. The molecule has 0 saturated heterocycles. The van der Waals surface area contributed by atoms with E-state index in [0.29, 0.717) is 12.0 Å². The SMILES string of the molecule is CCCC(CCO)CN=C(NCC)NC1CC1. The van der Waals surface area contributed by atoms with Crippen LogP contribution in [0.4, 0.5) is 0 Å². The van der Waals surface area contributed by atoms with Gasteiger partial charge in [0, 0.05) is 25.7 Å². The molecule has 0 spiro atoms. The number of nitrogens with zero attached hydrogens (tertiary/aromatic N) is 1. The number of aliphatic imine (C=N–C) groups is 1. The molecule has 1 atom stereocenters. The summed E-state index contributed by atoms with van der Waals surface area (Å²) in [6.45, 7) is 6.25. The van der Waals surface area contributed by atoms with E-state index >= 15 is 0 Å². The summed E-state index contributed by atoms with van der Waals surface area (Å²) < 4.78 is 0. The molecule has 0 aromatic carbocycles. The van der Waals surface area contributed by atoms with Gasteiger partial charge in [0.2, 0.25) is 0 Å². The lowest BCUT2D eigenvalue weighted by Gasteiger charge is -2.15. The van der Waals surface area contributed by atoms with E-state index in [-0.39, 0.29) is 6.61 Å². The van der Waals surface area contributed by atoms with Crippen molar-refractivity contribution in [2.45, 2.75) is 52.0 Å². The lowest BCUT2D eigenvalue weighted by molar-refractivity contribution is 0.253. The van der Waals surface area contributed by atoms with Crippen molar-refractivity contribution < 1.29 is 5.11 Å². The number of rotatable bonds is 8. The summed E-state index contributed by atoms with van der Waals surface area (Å²) in [5.41, 5.74) is 0. The predicted octanol–water partition coefficient (Wildman–Crippen LogP) is 1.50. The third-order valence-electron chi connectivity index (χ3n) is 3.00. The van der Waals surface area contributed by atoms with E-state index < -0.39 is 0 Å². The molecular weight excluding hydrogens is 214 g/mol. The zero-order valence-electron chi connectivity index (χ0n) is 11.2. The van der Waals surface area contributed by atoms with Gasteiger partial charge < -0.3 is 15.7 Å². The van der Waals surface area contributed by atoms with Crippen molar-refractivity contribution in [3.8, 4) is 0 Å². The summed E-state index contributed by atoms with van der Waals surface area (Å²) >= 11 is 0. The Morgan fingerprint density at radius 3 is 2.65 bits per heavy atom. The highest BCUT2D eigenvalue weighted by Gasteiger charge is 2.22. The first-order valence-electron chi connectivity index (χ1n) is 6.95. The molecule has 0 aromatic rings. The van der Waals surface area contributed by atoms with Gasteiger partial charge >= 0.3 is 0 Å². The molecule has 1 aliphatic rings. The molecular formula is C13H27N3O. The zero-order valence-corrected chi connectivity index (χ0v) is 11.2. The molecule has 1 saturated carbocycles. The van der Waals surface area contributed by atoms with Crippen LogP contribution in [0.15, 0.2) is 4.99 Å². The summed E-state index contributed by atoms with van der Waals surface area (Å²) in [5.74, 6) is 1.45. The first-order chi connectivity index (χ1) is 8.30. The van der Waals surface area contributed by atoms with Crippen molar-refractivity contribution in [3.05, 3.63) is 0 Å². The Kier molecular flexibility index (Phi) is 7.01. The van der Waals surface area contributed by atoms with Gasteiger partial charge in [0.25, 0.3) is 0 Å². The van der Waals surface area contributed by atoms with Crippen LogP contribution in [0.25, 0.3) is 0 Å². The van der Waals surface area contributed by atoms with Crippen LogP contribution in [-0.4, -0.2) is 36.8 Å². The Bertz CT molecular complexity index is 221. The highest BCUT2D eigenvalue weighted by molar-refractivity contribution is 5.80. The quantitative estimate of drug-likeness (QED) is 0.446. The lowest BCUT2D eigenvalue weighted by atomic mass is 10.0. The van der Waals surface area contributed by atoms with E-state index in [9.17, 15) is 0 Å². The van der Waals surface area contributed by atoms with Crippen LogP contribution in [0.2, 0.25) is 0 Å². The van der Waals surface area contributed by atoms with Gasteiger partial charge in [-0.15, -0.1) is 0 Å². The molecule has 0 aromatic heterocycles. The van der Waals surface area contributed by atoms with Crippen molar-refractivity contribution in [2.75, 3.05) is 19.7 Å². The smallest absolute Gasteiger partial charge is 0.191 e. The standard InChI is InChI=1S/C13H27N3O/c1-3-5-11(8-9-17)10-15-13(14-4-2)16-12-6-7-12/h11-12,17H,3-10H2,1-2H3,(H2,14,15,16). The van der Waals surface area contributed by atoms with Gasteiger partial charge in [-0.05, 0) is 38.5 Å². The van der Waals surface area contributed by atoms with Gasteiger partial charge in [-0.2, -0.15) is 0 Å². The molecule has 0 amide bonds. The molecule has 3 N–H and O–H groups in total. The van der Waals surface area contributed by atoms with Crippen LogP contribution >= 0.6 is 0 Å². The molecule has 100 valence electrons. The summed E-state index contributed by atoms with van der Waals surface area (Å²) in [5, 5.41) is 15.7. The second-order valence-electron chi connectivity index (χ2n) is 4.81.